The first-order valence-corrected chi connectivity index (χ1v) is 12.2. The number of hydrogen-bond donors (Lipinski definition) is 1. The van der Waals surface area contributed by atoms with Crippen molar-refractivity contribution in [1.82, 2.24) is 15.0 Å². The van der Waals surface area contributed by atoms with Crippen LogP contribution in [0.15, 0.2) is 42.5 Å². The van der Waals surface area contributed by atoms with E-state index >= 15 is 0 Å². The van der Waals surface area contributed by atoms with Crippen molar-refractivity contribution >= 4 is 17.0 Å². The minimum atomic E-state index is -0.455. The van der Waals surface area contributed by atoms with Crippen LogP contribution in [0.2, 0.25) is 0 Å². The molecule has 0 aliphatic rings. The molecule has 0 spiro atoms. The molecule has 1 N–H and O–H groups in total. The number of benzene rings is 2. The molecule has 0 unspecified atom stereocenters. The van der Waals surface area contributed by atoms with Crippen LogP contribution in [-0.4, -0.2) is 39.3 Å². The quantitative estimate of drug-likeness (QED) is 0.273. The number of fused-ring (bicyclic) bond motifs is 1. The number of aliphatic hydroxyl groups is 1. The van der Waals surface area contributed by atoms with Gasteiger partial charge in [-0.2, -0.15) is 4.80 Å². The Kier molecular flexibility index (Phi) is 9.01. The minimum absolute atomic E-state index is 0.00487. The molecule has 1 heterocycles. The van der Waals surface area contributed by atoms with E-state index < -0.39 is 5.41 Å². The van der Waals surface area contributed by atoms with Gasteiger partial charge in [0.2, 0.25) is 0 Å². The second-order valence-electron chi connectivity index (χ2n) is 9.36. The second-order valence-corrected chi connectivity index (χ2v) is 9.36. The van der Waals surface area contributed by atoms with Crippen molar-refractivity contribution in [3.05, 3.63) is 53.6 Å². The zero-order valence-corrected chi connectivity index (χ0v) is 20.2. The third-order valence-electron chi connectivity index (χ3n) is 6.07. The molecule has 3 aromatic rings. The van der Waals surface area contributed by atoms with Gasteiger partial charge in [0.15, 0.2) is 0 Å². The van der Waals surface area contributed by atoms with Crippen LogP contribution < -0.4 is 0 Å². The Balaban J connectivity index is 1.66. The molecule has 6 nitrogen and oxygen atoms in total. The first kappa shape index (κ1) is 24.9. The summed E-state index contributed by atoms with van der Waals surface area (Å²) in [7, 11) is 0. The molecular formula is C27H37N3O3. The van der Waals surface area contributed by atoms with Crippen LogP contribution in [0.25, 0.3) is 16.7 Å². The lowest BCUT2D eigenvalue weighted by Crippen LogP contribution is -2.25. The van der Waals surface area contributed by atoms with Crippen molar-refractivity contribution in [1.29, 1.82) is 0 Å². The number of aliphatic hydroxyl groups excluding tert-OH is 1. The number of carbonyl (C=O) groups excluding carboxylic acids is 1. The fourth-order valence-corrected chi connectivity index (χ4v) is 3.91. The Labute approximate surface area is 197 Å². The summed E-state index contributed by atoms with van der Waals surface area (Å²) in [6.07, 6.45) is 7.96. The standard InChI is InChI=1S/C27H37N3O3/c1-4-5-6-7-8-11-18-33-26(32)17-15-21-14-16-22(27(2,3)20-31)25(19-21)30-28-23-12-9-10-13-24(23)29-30/h9-10,12-14,16,19,31H,4-8,11,15,17-18,20H2,1-3H3. The SMILES string of the molecule is CCCCCCCCOC(=O)CCc1ccc(C(C)(C)CO)c(-n2nc3ccccc3n2)c1. The molecule has 0 saturated heterocycles. The lowest BCUT2D eigenvalue weighted by molar-refractivity contribution is -0.143. The van der Waals surface area contributed by atoms with Gasteiger partial charge in [-0.25, -0.2) is 0 Å². The second kappa shape index (κ2) is 11.9. The number of carbonyl (C=O) groups is 1. The van der Waals surface area contributed by atoms with Crippen LogP contribution in [0.5, 0.6) is 0 Å². The smallest absolute Gasteiger partial charge is 0.306 e. The van der Waals surface area contributed by atoms with Crippen LogP contribution in [0.4, 0.5) is 0 Å². The number of aryl methyl sites for hydroxylation is 1. The first-order chi connectivity index (χ1) is 15.9. The normalized spacial score (nSPS) is 11.8. The Morgan fingerprint density at radius 3 is 2.33 bits per heavy atom. The summed E-state index contributed by atoms with van der Waals surface area (Å²) >= 11 is 0. The summed E-state index contributed by atoms with van der Waals surface area (Å²) in [5.74, 6) is -0.159. The van der Waals surface area contributed by atoms with Crippen LogP contribution in [0.1, 0.15) is 76.8 Å². The number of nitrogens with zero attached hydrogens (tertiary/aromatic N) is 3. The van der Waals surface area contributed by atoms with Crippen LogP contribution in [0.3, 0.4) is 0 Å². The number of esters is 1. The highest BCUT2D eigenvalue weighted by molar-refractivity contribution is 5.73. The van der Waals surface area contributed by atoms with Gasteiger partial charge in [0.1, 0.15) is 11.0 Å². The number of aromatic nitrogens is 3. The molecule has 0 aliphatic carbocycles. The van der Waals surface area contributed by atoms with Crippen molar-refractivity contribution < 1.29 is 14.6 Å². The Hall–Kier alpha value is -2.73. The Morgan fingerprint density at radius 1 is 1.00 bits per heavy atom. The fourth-order valence-electron chi connectivity index (χ4n) is 3.91. The molecule has 0 atom stereocenters. The van der Waals surface area contributed by atoms with Crippen molar-refractivity contribution in [2.24, 2.45) is 0 Å². The van der Waals surface area contributed by atoms with Crippen LogP contribution in [-0.2, 0) is 21.4 Å². The summed E-state index contributed by atoms with van der Waals surface area (Å²) in [6.45, 7) is 6.71. The number of unbranched alkanes of at least 4 members (excludes halogenated alkanes) is 5. The van der Waals surface area contributed by atoms with Crippen LogP contribution in [0, 0.1) is 0 Å². The van der Waals surface area contributed by atoms with E-state index in [0.29, 0.717) is 19.4 Å². The molecule has 178 valence electrons. The zero-order valence-electron chi connectivity index (χ0n) is 20.2. The highest BCUT2D eigenvalue weighted by Crippen LogP contribution is 2.30. The first-order valence-electron chi connectivity index (χ1n) is 12.2. The third kappa shape index (κ3) is 6.87. The van der Waals surface area contributed by atoms with E-state index in [9.17, 15) is 9.90 Å². The van der Waals surface area contributed by atoms with E-state index in [1.165, 1.54) is 25.7 Å². The van der Waals surface area contributed by atoms with Gasteiger partial charge in [-0.1, -0.05) is 77.1 Å². The van der Waals surface area contributed by atoms with Crippen molar-refractivity contribution in [2.75, 3.05) is 13.2 Å². The lowest BCUT2D eigenvalue weighted by Gasteiger charge is -2.25. The molecule has 0 radical (unpaired) electrons. The van der Waals surface area contributed by atoms with Gasteiger partial charge >= 0.3 is 5.97 Å². The van der Waals surface area contributed by atoms with Crippen LogP contribution >= 0.6 is 0 Å². The van der Waals surface area contributed by atoms with E-state index in [0.717, 1.165) is 40.7 Å². The molecule has 1 aromatic heterocycles. The summed E-state index contributed by atoms with van der Waals surface area (Å²) in [5.41, 5.74) is 3.97. The molecule has 0 bridgehead atoms. The number of ether oxygens (including phenoxy) is 1. The average Bonchev–Trinajstić information content (AvgIpc) is 3.26. The molecule has 6 heteroatoms. The third-order valence-corrected chi connectivity index (χ3v) is 6.07. The van der Waals surface area contributed by atoms with Gasteiger partial charge < -0.3 is 9.84 Å². The predicted octanol–water partition coefficient (Wildman–Crippen LogP) is 5.53. The summed E-state index contributed by atoms with van der Waals surface area (Å²) in [4.78, 5) is 13.8. The Morgan fingerprint density at radius 2 is 1.67 bits per heavy atom. The maximum Gasteiger partial charge on any atom is 0.306 e. The molecule has 3 rings (SSSR count). The predicted molar refractivity (Wildman–Crippen MR) is 132 cm³/mol. The summed E-state index contributed by atoms with van der Waals surface area (Å²) in [6, 6.07) is 13.8. The van der Waals surface area contributed by atoms with Gasteiger partial charge in [-0.15, -0.1) is 10.2 Å². The average molecular weight is 452 g/mol. The molecule has 0 fully saturated rings. The zero-order chi connectivity index (χ0) is 23.7. The van der Waals surface area contributed by atoms with Crippen molar-refractivity contribution in [3.63, 3.8) is 0 Å². The number of rotatable bonds is 13. The largest absolute Gasteiger partial charge is 0.466 e. The van der Waals surface area contributed by atoms with Gasteiger partial charge in [-0.3, -0.25) is 4.79 Å². The Bertz CT molecular complexity index is 1010. The van der Waals surface area contributed by atoms with Crippen molar-refractivity contribution in [3.8, 4) is 5.69 Å². The van der Waals surface area contributed by atoms with E-state index in [4.69, 9.17) is 4.74 Å². The highest BCUT2D eigenvalue weighted by Gasteiger charge is 2.25. The maximum atomic E-state index is 12.2. The minimum Gasteiger partial charge on any atom is -0.466 e. The van der Waals surface area contributed by atoms with Crippen molar-refractivity contribution in [2.45, 2.75) is 77.6 Å². The highest BCUT2D eigenvalue weighted by atomic mass is 16.5. The van der Waals surface area contributed by atoms with Gasteiger partial charge in [0.25, 0.3) is 0 Å². The fraction of sp³-hybridized carbons (Fsp3) is 0.519. The van der Waals surface area contributed by atoms with Gasteiger partial charge in [0, 0.05) is 11.8 Å². The molecule has 0 amide bonds. The van der Waals surface area contributed by atoms with E-state index in [1.54, 1.807) is 4.80 Å². The lowest BCUT2D eigenvalue weighted by atomic mass is 9.83. The summed E-state index contributed by atoms with van der Waals surface area (Å²) in [5, 5.41) is 19.2. The monoisotopic (exact) mass is 451 g/mol. The molecule has 0 aliphatic heterocycles. The topological polar surface area (TPSA) is 77.2 Å². The number of hydrogen-bond acceptors (Lipinski definition) is 5. The molecule has 2 aromatic carbocycles. The molecular weight excluding hydrogens is 414 g/mol. The van der Waals surface area contributed by atoms with Gasteiger partial charge in [-0.05, 0) is 42.2 Å². The van der Waals surface area contributed by atoms with E-state index in [1.807, 2.05) is 56.3 Å². The maximum absolute atomic E-state index is 12.2. The summed E-state index contributed by atoms with van der Waals surface area (Å²) < 4.78 is 5.42. The van der Waals surface area contributed by atoms with E-state index in [-0.39, 0.29) is 12.6 Å². The molecule has 33 heavy (non-hydrogen) atoms. The van der Waals surface area contributed by atoms with E-state index in [2.05, 4.69) is 17.1 Å². The van der Waals surface area contributed by atoms with Gasteiger partial charge in [0.05, 0.1) is 18.9 Å². The molecule has 0 saturated carbocycles.